The number of carbonyl (C=O) groups excluding carboxylic acids is 2. The van der Waals surface area contributed by atoms with Gasteiger partial charge in [0.15, 0.2) is 5.13 Å². The fourth-order valence-electron chi connectivity index (χ4n) is 2.98. The van der Waals surface area contributed by atoms with Crippen LogP contribution >= 0.6 is 11.3 Å². The third kappa shape index (κ3) is 4.79. The maximum Gasteiger partial charge on any atom is 0.277 e. The van der Waals surface area contributed by atoms with Gasteiger partial charge in [0.25, 0.3) is 5.91 Å². The number of nitrogens with zero attached hydrogens (tertiary/aromatic N) is 4. The van der Waals surface area contributed by atoms with Gasteiger partial charge in [0.2, 0.25) is 5.91 Å². The SMILES string of the molecule is O=C(CN1CCc2nc(NC(=O)c3cnccn3)sc2C1)Nc1cccc(F)c1. The molecule has 0 radical (unpaired) electrons. The number of nitrogens with one attached hydrogen (secondary N) is 2. The summed E-state index contributed by atoms with van der Waals surface area (Å²) in [6.45, 7) is 1.42. The van der Waals surface area contributed by atoms with Gasteiger partial charge >= 0.3 is 0 Å². The Kier molecular flexibility index (Phi) is 5.54. The molecular formula is C19H17FN6O2S. The zero-order valence-corrected chi connectivity index (χ0v) is 16.1. The van der Waals surface area contributed by atoms with Crippen LogP contribution in [0, 0.1) is 5.82 Å². The van der Waals surface area contributed by atoms with E-state index < -0.39 is 5.82 Å². The standard InChI is InChI=1S/C19H17FN6O2S/c20-12-2-1-3-13(8-12)23-17(27)11-26-7-4-14-16(10-26)29-19(24-14)25-18(28)15-9-21-5-6-22-15/h1-3,5-6,8-9H,4,7,10-11H2,(H,23,27)(H,24,25,28). The van der Waals surface area contributed by atoms with Gasteiger partial charge in [-0.25, -0.2) is 14.4 Å². The normalized spacial score (nSPS) is 13.6. The molecule has 1 aliphatic heterocycles. The molecule has 4 rings (SSSR count). The van der Waals surface area contributed by atoms with Crippen molar-refractivity contribution < 1.29 is 14.0 Å². The number of rotatable bonds is 5. The number of amides is 2. The highest BCUT2D eigenvalue weighted by Gasteiger charge is 2.23. The summed E-state index contributed by atoms with van der Waals surface area (Å²) >= 11 is 1.38. The van der Waals surface area contributed by atoms with Crippen LogP contribution in [-0.4, -0.2) is 44.8 Å². The number of carbonyl (C=O) groups is 2. The van der Waals surface area contributed by atoms with Crippen LogP contribution < -0.4 is 10.6 Å². The van der Waals surface area contributed by atoms with E-state index in [2.05, 4.69) is 25.6 Å². The molecular weight excluding hydrogens is 395 g/mol. The first-order valence-corrected chi connectivity index (χ1v) is 9.72. The van der Waals surface area contributed by atoms with Gasteiger partial charge in [0.1, 0.15) is 11.5 Å². The average molecular weight is 412 g/mol. The molecule has 2 aromatic heterocycles. The highest BCUT2D eigenvalue weighted by Crippen LogP contribution is 2.28. The number of hydrogen-bond acceptors (Lipinski definition) is 7. The van der Waals surface area contributed by atoms with E-state index in [1.165, 1.54) is 42.1 Å². The quantitative estimate of drug-likeness (QED) is 0.667. The molecule has 0 unspecified atom stereocenters. The van der Waals surface area contributed by atoms with Crippen LogP contribution in [0.4, 0.5) is 15.2 Å². The molecule has 8 nitrogen and oxygen atoms in total. The number of thiazole rings is 1. The molecule has 0 spiro atoms. The molecule has 29 heavy (non-hydrogen) atoms. The summed E-state index contributed by atoms with van der Waals surface area (Å²) in [5.74, 6) is -0.971. The molecule has 0 saturated heterocycles. The van der Waals surface area contributed by atoms with Crippen molar-refractivity contribution in [2.45, 2.75) is 13.0 Å². The second-order valence-electron chi connectivity index (χ2n) is 6.45. The maximum absolute atomic E-state index is 13.2. The second-order valence-corrected chi connectivity index (χ2v) is 7.54. The summed E-state index contributed by atoms with van der Waals surface area (Å²) in [6.07, 6.45) is 5.02. The van der Waals surface area contributed by atoms with E-state index in [1.54, 1.807) is 12.1 Å². The number of aromatic nitrogens is 3. The highest BCUT2D eigenvalue weighted by atomic mass is 32.1. The lowest BCUT2D eigenvalue weighted by molar-refractivity contribution is -0.117. The molecule has 0 aliphatic carbocycles. The minimum atomic E-state index is -0.397. The van der Waals surface area contributed by atoms with Crippen LogP contribution in [0.15, 0.2) is 42.9 Å². The van der Waals surface area contributed by atoms with Crippen LogP contribution in [0.2, 0.25) is 0 Å². The zero-order chi connectivity index (χ0) is 20.2. The van der Waals surface area contributed by atoms with E-state index in [4.69, 9.17) is 0 Å². The summed E-state index contributed by atoms with van der Waals surface area (Å²) < 4.78 is 13.2. The van der Waals surface area contributed by atoms with E-state index in [1.807, 2.05) is 4.90 Å². The molecule has 2 N–H and O–H groups in total. The predicted molar refractivity (Wildman–Crippen MR) is 106 cm³/mol. The van der Waals surface area contributed by atoms with Crippen LogP contribution in [0.25, 0.3) is 0 Å². The van der Waals surface area contributed by atoms with Gasteiger partial charge in [-0.2, -0.15) is 0 Å². The van der Waals surface area contributed by atoms with Gasteiger partial charge in [-0.3, -0.25) is 24.8 Å². The summed E-state index contributed by atoms with van der Waals surface area (Å²) in [5, 5.41) is 5.94. The van der Waals surface area contributed by atoms with Crippen LogP contribution in [-0.2, 0) is 17.8 Å². The van der Waals surface area contributed by atoms with Crippen molar-refractivity contribution in [3.05, 3.63) is 64.9 Å². The van der Waals surface area contributed by atoms with Crippen LogP contribution in [0.1, 0.15) is 21.1 Å². The number of fused-ring (bicyclic) bond motifs is 1. The molecule has 1 aliphatic rings. The summed E-state index contributed by atoms with van der Waals surface area (Å²) in [5.41, 5.74) is 1.57. The lowest BCUT2D eigenvalue weighted by Gasteiger charge is -2.25. The molecule has 0 atom stereocenters. The van der Waals surface area contributed by atoms with Crippen molar-refractivity contribution in [3.8, 4) is 0 Å². The first-order chi connectivity index (χ1) is 14.1. The monoisotopic (exact) mass is 412 g/mol. The van der Waals surface area contributed by atoms with Crippen molar-refractivity contribution in [1.82, 2.24) is 19.9 Å². The Balaban J connectivity index is 1.35. The van der Waals surface area contributed by atoms with Crippen molar-refractivity contribution in [2.24, 2.45) is 0 Å². The van der Waals surface area contributed by atoms with Gasteiger partial charge in [-0.15, -0.1) is 11.3 Å². The third-order valence-corrected chi connectivity index (χ3v) is 5.30. The third-order valence-electron chi connectivity index (χ3n) is 4.30. The topological polar surface area (TPSA) is 100 Å². The molecule has 0 saturated carbocycles. The second kappa shape index (κ2) is 8.41. The fourth-order valence-corrected chi connectivity index (χ4v) is 4.03. The van der Waals surface area contributed by atoms with E-state index >= 15 is 0 Å². The smallest absolute Gasteiger partial charge is 0.277 e. The highest BCUT2D eigenvalue weighted by molar-refractivity contribution is 7.15. The van der Waals surface area contributed by atoms with E-state index in [0.29, 0.717) is 30.3 Å². The number of benzene rings is 1. The van der Waals surface area contributed by atoms with Crippen LogP contribution in [0.5, 0.6) is 0 Å². The van der Waals surface area contributed by atoms with Crippen molar-refractivity contribution in [2.75, 3.05) is 23.7 Å². The molecule has 2 amide bonds. The number of anilines is 2. The zero-order valence-electron chi connectivity index (χ0n) is 15.3. The van der Waals surface area contributed by atoms with Gasteiger partial charge in [-0.1, -0.05) is 6.07 Å². The molecule has 0 fully saturated rings. The van der Waals surface area contributed by atoms with Gasteiger partial charge < -0.3 is 5.32 Å². The lowest BCUT2D eigenvalue weighted by Crippen LogP contribution is -2.36. The van der Waals surface area contributed by atoms with Crippen LogP contribution in [0.3, 0.4) is 0 Å². The summed E-state index contributed by atoms with van der Waals surface area (Å²) in [4.78, 5) is 39.8. The van der Waals surface area contributed by atoms with E-state index in [0.717, 1.165) is 10.6 Å². The largest absolute Gasteiger partial charge is 0.325 e. The Morgan fingerprint density at radius 2 is 2.14 bits per heavy atom. The molecule has 148 valence electrons. The Bertz CT molecular complexity index is 1040. The van der Waals surface area contributed by atoms with Crippen molar-refractivity contribution >= 4 is 34.0 Å². The fraction of sp³-hybridized carbons (Fsp3) is 0.211. The van der Waals surface area contributed by atoms with Gasteiger partial charge in [-0.05, 0) is 18.2 Å². The first kappa shape index (κ1) is 19.1. The first-order valence-electron chi connectivity index (χ1n) is 8.90. The Labute approximate surface area is 169 Å². The van der Waals surface area contributed by atoms with Gasteiger partial charge in [0.05, 0.1) is 18.4 Å². The molecule has 0 bridgehead atoms. The Morgan fingerprint density at radius 1 is 1.24 bits per heavy atom. The number of hydrogen-bond donors (Lipinski definition) is 2. The Hall–Kier alpha value is -3.24. The summed E-state index contributed by atoms with van der Waals surface area (Å²) in [6, 6.07) is 5.80. The molecule has 3 aromatic rings. The minimum absolute atomic E-state index is 0.190. The van der Waals surface area contributed by atoms with Gasteiger partial charge in [0, 0.05) is 42.5 Å². The molecule has 10 heteroatoms. The predicted octanol–water partition coefficient (Wildman–Crippen LogP) is 2.32. The average Bonchev–Trinajstić information content (AvgIpc) is 3.10. The summed E-state index contributed by atoms with van der Waals surface area (Å²) in [7, 11) is 0. The van der Waals surface area contributed by atoms with Crippen molar-refractivity contribution in [3.63, 3.8) is 0 Å². The minimum Gasteiger partial charge on any atom is -0.325 e. The van der Waals surface area contributed by atoms with Crippen molar-refractivity contribution in [1.29, 1.82) is 0 Å². The van der Waals surface area contributed by atoms with E-state index in [-0.39, 0.29) is 24.1 Å². The molecule has 1 aromatic carbocycles. The van der Waals surface area contributed by atoms with E-state index in [9.17, 15) is 14.0 Å². The lowest BCUT2D eigenvalue weighted by atomic mass is 10.2. The Morgan fingerprint density at radius 3 is 2.93 bits per heavy atom. The number of halogens is 1. The molecule has 3 heterocycles. The maximum atomic E-state index is 13.2.